The lowest BCUT2D eigenvalue weighted by molar-refractivity contribution is -0.136. The van der Waals surface area contributed by atoms with Gasteiger partial charge >= 0.3 is 0 Å². The Hall–Kier alpha value is -2.12. The zero-order chi connectivity index (χ0) is 19.7. The number of rotatable bonds is 4. The Kier molecular flexibility index (Phi) is 5.55. The highest BCUT2D eigenvalue weighted by Crippen LogP contribution is 2.45. The molecule has 7 heteroatoms. The standard InChI is InChI=1S/C21H29N3O4/c1-15(25)24-12-17-11-22(14-20(26)23-7-9-28-10-8-23)13-19(17)21(24)16-3-5-18(27-2)6-4-16/h3-6,17,19,21H,7-14H2,1-2H3/t17-,19-,21+/m1/s1. The van der Waals surface area contributed by atoms with Gasteiger partial charge in [0.1, 0.15) is 5.75 Å². The molecular formula is C21H29N3O4. The van der Waals surface area contributed by atoms with Crippen molar-refractivity contribution in [1.82, 2.24) is 14.7 Å². The fourth-order valence-electron chi connectivity index (χ4n) is 4.92. The van der Waals surface area contributed by atoms with Crippen LogP contribution in [0.15, 0.2) is 24.3 Å². The van der Waals surface area contributed by atoms with Crippen LogP contribution in [-0.4, -0.2) is 86.1 Å². The summed E-state index contributed by atoms with van der Waals surface area (Å²) in [5.74, 6) is 1.89. The van der Waals surface area contributed by atoms with Crippen LogP contribution >= 0.6 is 0 Å². The SMILES string of the molecule is COc1ccc([C@H]2[C@@H]3CN(CC(=O)N4CCOCC4)C[C@@H]3CN2C(C)=O)cc1. The first kappa shape index (κ1) is 19.2. The highest BCUT2D eigenvalue weighted by atomic mass is 16.5. The smallest absolute Gasteiger partial charge is 0.236 e. The molecule has 0 bridgehead atoms. The lowest BCUT2D eigenvalue weighted by atomic mass is 9.89. The molecule has 28 heavy (non-hydrogen) atoms. The molecule has 3 fully saturated rings. The first-order chi connectivity index (χ1) is 13.6. The fourth-order valence-corrected chi connectivity index (χ4v) is 4.92. The van der Waals surface area contributed by atoms with Gasteiger partial charge in [0.25, 0.3) is 0 Å². The van der Waals surface area contributed by atoms with E-state index in [4.69, 9.17) is 9.47 Å². The molecule has 3 saturated heterocycles. The van der Waals surface area contributed by atoms with Crippen molar-refractivity contribution >= 4 is 11.8 Å². The Morgan fingerprint density at radius 3 is 2.46 bits per heavy atom. The van der Waals surface area contributed by atoms with Gasteiger partial charge in [-0.25, -0.2) is 0 Å². The fraction of sp³-hybridized carbons (Fsp3) is 0.619. The molecule has 0 radical (unpaired) electrons. The summed E-state index contributed by atoms with van der Waals surface area (Å²) in [7, 11) is 1.66. The Balaban J connectivity index is 1.46. The number of ether oxygens (including phenoxy) is 2. The second-order valence-corrected chi connectivity index (χ2v) is 8.00. The molecule has 0 aromatic heterocycles. The van der Waals surface area contributed by atoms with Gasteiger partial charge in [-0.2, -0.15) is 0 Å². The second-order valence-electron chi connectivity index (χ2n) is 8.00. The molecule has 1 aromatic carbocycles. The normalized spacial score (nSPS) is 27.7. The molecule has 0 saturated carbocycles. The van der Waals surface area contributed by atoms with E-state index in [1.165, 1.54) is 0 Å². The highest BCUT2D eigenvalue weighted by molar-refractivity contribution is 5.78. The largest absolute Gasteiger partial charge is 0.497 e. The summed E-state index contributed by atoms with van der Waals surface area (Å²) < 4.78 is 10.6. The van der Waals surface area contributed by atoms with E-state index >= 15 is 0 Å². The number of methoxy groups -OCH3 is 1. The van der Waals surface area contributed by atoms with E-state index in [1.54, 1.807) is 14.0 Å². The average Bonchev–Trinajstić information content (AvgIpc) is 3.26. The van der Waals surface area contributed by atoms with Gasteiger partial charge in [-0.15, -0.1) is 0 Å². The minimum Gasteiger partial charge on any atom is -0.497 e. The van der Waals surface area contributed by atoms with E-state index in [0.29, 0.717) is 44.7 Å². The van der Waals surface area contributed by atoms with Gasteiger partial charge in [-0.05, 0) is 23.6 Å². The van der Waals surface area contributed by atoms with E-state index in [1.807, 2.05) is 21.9 Å². The van der Waals surface area contributed by atoms with E-state index in [9.17, 15) is 9.59 Å². The average molecular weight is 387 g/mol. The van der Waals surface area contributed by atoms with Crippen molar-refractivity contribution in [3.63, 3.8) is 0 Å². The summed E-state index contributed by atoms with van der Waals surface area (Å²) in [6.07, 6.45) is 0. The Morgan fingerprint density at radius 2 is 1.82 bits per heavy atom. The molecule has 3 aliphatic heterocycles. The monoisotopic (exact) mass is 387 g/mol. The van der Waals surface area contributed by atoms with Crippen LogP contribution in [0.2, 0.25) is 0 Å². The van der Waals surface area contributed by atoms with E-state index in [2.05, 4.69) is 17.0 Å². The number of nitrogens with zero attached hydrogens (tertiary/aromatic N) is 3. The summed E-state index contributed by atoms with van der Waals surface area (Å²) >= 11 is 0. The minimum absolute atomic E-state index is 0.0666. The number of likely N-dealkylation sites (tertiary alicyclic amines) is 2. The molecule has 2 amide bonds. The molecule has 0 aliphatic carbocycles. The van der Waals surface area contributed by atoms with Crippen LogP contribution in [0.3, 0.4) is 0 Å². The van der Waals surface area contributed by atoms with Crippen LogP contribution in [0, 0.1) is 11.8 Å². The molecule has 0 N–H and O–H groups in total. The molecule has 0 spiro atoms. The van der Waals surface area contributed by atoms with Crippen LogP contribution in [0.25, 0.3) is 0 Å². The molecule has 0 unspecified atom stereocenters. The van der Waals surface area contributed by atoms with Crippen molar-refractivity contribution in [2.24, 2.45) is 11.8 Å². The number of morpholine rings is 1. The third-order valence-corrected chi connectivity index (χ3v) is 6.32. The Morgan fingerprint density at radius 1 is 1.11 bits per heavy atom. The molecule has 1 aromatic rings. The van der Waals surface area contributed by atoms with Gasteiger partial charge in [-0.1, -0.05) is 12.1 Å². The second kappa shape index (κ2) is 8.09. The van der Waals surface area contributed by atoms with Crippen LogP contribution < -0.4 is 4.74 Å². The molecule has 7 nitrogen and oxygen atoms in total. The maximum atomic E-state index is 12.6. The van der Waals surface area contributed by atoms with Crippen LogP contribution in [0.1, 0.15) is 18.5 Å². The molecule has 4 rings (SSSR count). The zero-order valence-electron chi connectivity index (χ0n) is 16.7. The summed E-state index contributed by atoms with van der Waals surface area (Å²) in [5.41, 5.74) is 1.14. The van der Waals surface area contributed by atoms with Gasteiger partial charge in [0, 0.05) is 45.6 Å². The quantitative estimate of drug-likeness (QED) is 0.772. The lowest BCUT2D eigenvalue weighted by Gasteiger charge is -2.31. The van der Waals surface area contributed by atoms with Crippen LogP contribution in [0.5, 0.6) is 5.75 Å². The third kappa shape index (κ3) is 3.73. The van der Waals surface area contributed by atoms with Gasteiger partial charge in [-0.3, -0.25) is 14.5 Å². The minimum atomic E-state index is 0.0666. The van der Waals surface area contributed by atoms with Gasteiger partial charge in [0.15, 0.2) is 0 Å². The number of carbonyl (C=O) groups excluding carboxylic acids is 2. The summed E-state index contributed by atoms with van der Waals surface area (Å²) in [5, 5.41) is 0. The van der Waals surface area contributed by atoms with Crippen molar-refractivity contribution in [3.8, 4) is 5.75 Å². The van der Waals surface area contributed by atoms with Crippen LogP contribution in [0.4, 0.5) is 0 Å². The predicted octanol–water partition coefficient (Wildman–Crippen LogP) is 1.01. The maximum absolute atomic E-state index is 12.6. The number of fused-ring (bicyclic) bond motifs is 1. The zero-order valence-corrected chi connectivity index (χ0v) is 16.7. The van der Waals surface area contributed by atoms with Crippen molar-refractivity contribution in [2.45, 2.75) is 13.0 Å². The number of carbonyl (C=O) groups is 2. The first-order valence-electron chi connectivity index (χ1n) is 10.1. The number of amides is 2. The topological polar surface area (TPSA) is 62.3 Å². The van der Waals surface area contributed by atoms with Crippen molar-refractivity contribution in [2.75, 3.05) is 59.6 Å². The number of benzene rings is 1. The molecule has 3 atom stereocenters. The lowest BCUT2D eigenvalue weighted by Crippen LogP contribution is -2.46. The molecule has 3 heterocycles. The van der Waals surface area contributed by atoms with E-state index in [-0.39, 0.29) is 17.9 Å². The van der Waals surface area contributed by atoms with Gasteiger partial charge in [0.05, 0.1) is 32.9 Å². The highest BCUT2D eigenvalue weighted by Gasteiger charge is 2.48. The number of hydrogen-bond donors (Lipinski definition) is 0. The molecule has 152 valence electrons. The molecule has 3 aliphatic rings. The number of hydrogen-bond acceptors (Lipinski definition) is 5. The molecular weight excluding hydrogens is 358 g/mol. The Labute approximate surface area is 166 Å². The summed E-state index contributed by atoms with van der Waals surface area (Å²) in [6.45, 7) is 7.23. The van der Waals surface area contributed by atoms with Crippen molar-refractivity contribution in [1.29, 1.82) is 0 Å². The maximum Gasteiger partial charge on any atom is 0.236 e. The van der Waals surface area contributed by atoms with Crippen molar-refractivity contribution in [3.05, 3.63) is 29.8 Å². The summed E-state index contributed by atoms with van der Waals surface area (Å²) in [4.78, 5) is 31.0. The Bertz CT molecular complexity index is 717. The predicted molar refractivity (Wildman–Crippen MR) is 104 cm³/mol. The van der Waals surface area contributed by atoms with Gasteiger partial charge < -0.3 is 19.3 Å². The van der Waals surface area contributed by atoms with Crippen molar-refractivity contribution < 1.29 is 19.1 Å². The summed E-state index contributed by atoms with van der Waals surface area (Å²) in [6, 6.07) is 8.09. The van der Waals surface area contributed by atoms with Crippen LogP contribution in [-0.2, 0) is 14.3 Å². The van der Waals surface area contributed by atoms with E-state index in [0.717, 1.165) is 30.9 Å². The first-order valence-corrected chi connectivity index (χ1v) is 10.1. The van der Waals surface area contributed by atoms with E-state index < -0.39 is 0 Å². The third-order valence-electron chi connectivity index (χ3n) is 6.32. The van der Waals surface area contributed by atoms with Gasteiger partial charge in [0.2, 0.25) is 11.8 Å².